The number of carbonyl (C=O) groups is 1. The molecule has 18 heavy (non-hydrogen) atoms. The molecule has 1 saturated heterocycles. The molecule has 1 amide bonds. The largest absolute Gasteiger partial charge is 0.399 e. The maximum atomic E-state index is 13.2. The van der Waals surface area contributed by atoms with Gasteiger partial charge in [-0.25, -0.2) is 4.39 Å². The van der Waals surface area contributed by atoms with Crippen LogP contribution in [0.3, 0.4) is 0 Å². The summed E-state index contributed by atoms with van der Waals surface area (Å²) in [6.45, 7) is 3.54. The van der Waals surface area contributed by atoms with Gasteiger partial charge in [0.05, 0.1) is 5.25 Å². The molecule has 0 radical (unpaired) electrons. The first-order valence-corrected chi connectivity index (χ1v) is 6.96. The van der Waals surface area contributed by atoms with E-state index in [1.54, 1.807) is 6.07 Å². The summed E-state index contributed by atoms with van der Waals surface area (Å²) in [6.07, 6.45) is 2.16. The second-order valence-corrected chi connectivity index (χ2v) is 5.93. The fourth-order valence-electron chi connectivity index (χ4n) is 2.10. The Balaban J connectivity index is 2.01. The Kier molecular flexibility index (Phi) is 4.11. The highest BCUT2D eigenvalue weighted by Crippen LogP contribution is 2.27. The minimum atomic E-state index is -0.363. The van der Waals surface area contributed by atoms with Crippen molar-refractivity contribution in [3.63, 3.8) is 0 Å². The highest BCUT2D eigenvalue weighted by Gasteiger charge is 2.23. The van der Waals surface area contributed by atoms with Crippen LogP contribution in [0.4, 0.5) is 10.1 Å². The van der Waals surface area contributed by atoms with Gasteiger partial charge in [-0.3, -0.25) is 4.79 Å². The molecular weight excluding hydrogens is 251 g/mol. The minimum absolute atomic E-state index is 0.125. The molecule has 1 heterocycles. The molecule has 3 nitrogen and oxygen atoms in total. The maximum Gasteiger partial charge on any atom is 0.235 e. The van der Waals surface area contributed by atoms with E-state index in [2.05, 4.69) is 0 Å². The Morgan fingerprint density at radius 3 is 2.67 bits per heavy atom. The lowest BCUT2D eigenvalue weighted by Crippen LogP contribution is -2.33. The van der Waals surface area contributed by atoms with Gasteiger partial charge in [0.25, 0.3) is 0 Å². The number of halogens is 1. The van der Waals surface area contributed by atoms with Crippen molar-refractivity contribution in [2.75, 3.05) is 18.8 Å². The van der Waals surface area contributed by atoms with Gasteiger partial charge in [0.2, 0.25) is 5.91 Å². The van der Waals surface area contributed by atoms with Crippen LogP contribution in [0.1, 0.15) is 19.8 Å². The molecular formula is C13H17FN2OS. The number of thioether (sulfide) groups is 1. The van der Waals surface area contributed by atoms with Crippen molar-refractivity contribution in [1.82, 2.24) is 4.90 Å². The first-order chi connectivity index (χ1) is 8.56. The van der Waals surface area contributed by atoms with Gasteiger partial charge in [0.1, 0.15) is 5.82 Å². The fourth-order valence-corrected chi connectivity index (χ4v) is 3.14. The molecule has 1 aliphatic heterocycles. The standard InChI is InChI=1S/C13H17FN2OS/c1-9(13(17)16-4-2-3-5-16)18-12-7-10(14)6-11(15)8-12/h6-9H,2-5,15H2,1H3. The third-order valence-corrected chi connectivity index (χ3v) is 4.04. The van der Waals surface area contributed by atoms with E-state index < -0.39 is 0 Å². The van der Waals surface area contributed by atoms with E-state index in [9.17, 15) is 9.18 Å². The lowest BCUT2D eigenvalue weighted by Gasteiger charge is -2.20. The van der Waals surface area contributed by atoms with Crippen LogP contribution in [-0.2, 0) is 4.79 Å². The van der Waals surface area contributed by atoms with Gasteiger partial charge in [-0.2, -0.15) is 0 Å². The lowest BCUT2D eigenvalue weighted by atomic mass is 10.3. The monoisotopic (exact) mass is 268 g/mol. The molecule has 1 fully saturated rings. The van der Waals surface area contributed by atoms with Crippen molar-refractivity contribution >= 4 is 23.4 Å². The molecule has 0 bridgehead atoms. The second-order valence-electron chi connectivity index (χ2n) is 4.51. The Morgan fingerprint density at radius 1 is 1.39 bits per heavy atom. The highest BCUT2D eigenvalue weighted by molar-refractivity contribution is 8.00. The van der Waals surface area contributed by atoms with Crippen LogP contribution in [0.2, 0.25) is 0 Å². The third-order valence-electron chi connectivity index (χ3n) is 2.97. The number of anilines is 1. The molecule has 1 aromatic rings. The zero-order valence-electron chi connectivity index (χ0n) is 10.4. The summed E-state index contributed by atoms with van der Waals surface area (Å²) >= 11 is 1.36. The van der Waals surface area contributed by atoms with Crippen LogP contribution in [0.15, 0.2) is 23.1 Å². The Labute approximate surface area is 111 Å². The molecule has 5 heteroatoms. The third kappa shape index (κ3) is 3.16. The Morgan fingerprint density at radius 2 is 2.06 bits per heavy atom. The van der Waals surface area contributed by atoms with Crippen molar-refractivity contribution < 1.29 is 9.18 Å². The molecule has 0 aromatic heterocycles. The molecule has 2 N–H and O–H groups in total. The predicted octanol–water partition coefficient (Wildman–Crippen LogP) is 2.51. The van der Waals surface area contributed by atoms with Crippen LogP contribution >= 0.6 is 11.8 Å². The van der Waals surface area contributed by atoms with Crippen LogP contribution < -0.4 is 5.73 Å². The first kappa shape index (κ1) is 13.2. The van der Waals surface area contributed by atoms with E-state index in [0.717, 1.165) is 25.9 Å². The van der Waals surface area contributed by atoms with Gasteiger partial charge in [-0.1, -0.05) is 0 Å². The number of rotatable bonds is 3. The quantitative estimate of drug-likeness (QED) is 0.677. The van der Waals surface area contributed by atoms with Gasteiger partial charge >= 0.3 is 0 Å². The van der Waals surface area contributed by atoms with Crippen molar-refractivity contribution in [3.05, 3.63) is 24.0 Å². The second kappa shape index (κ2) is 5.61. The Hall–Kier alpha value is -1.23. The van der Waals surface area contributed by atoms with Crippen molar-refractivity contribution in [3.8, 4) is 0 Å². The summed E-state index contributed by atoms with van der Waals surface area (Å²) in [5.74, 6) is -0.237. The average Bonchev–Trinajstić information content (AvgIpc) is 2.79. The SMILES string of the molecule is CC(Sc1cc(N)cc(F)c1)C(=O)N1CCCC1. The number of benzene rings is 1. The van der Waals surface area contributed by atoms with E-state index in [1.165, 1.54) is 23.9 Å². The summed E-state index contributed by atoms with van der Waals surface area (Å²) in [6, 6.07) is 4.38. The van der Waals surface area contributed by atoms with Crippen LogP contribution in [0, 0.1) is 5.82 Å². The minimum Gasteiger partial charge on any atom is -0.399 e. The zero-order chi connectivity index (χ0) is 13.1. The maximum absolute atomic E-state index is 13.2. The molecule has 2 rings (SSSR count). The number of nitrogens with zero attached hydrogens (tertiary/aromatic N) is 1. The van der Waals surface area contributed by atoms with Gasteiger partial charge in [0, 0.05) is 23.7 Å². The molecule has 1 atom stereocenters. The number of likely N-dealkylation sites (tertiary alicyclic amines) is 1. The number of carbonyl (C=O) groups excluding carboxylic acids is 1. The number of nitrogen functional groups attached to an aromatic ring is 1. The topological polar surface area (TPSA) is 46.3 Å². The smallest absolute Gasteiger partial charge is 0.235 e. The van der Waals surface area contributed by atoms with E-state index >= 15 is 0 Å². The first-order valence-electron chi connectivity index (χ1n) is 6.08. The molecule has 98 valence electrons. The zero-order valence-corrected chi connectivity index (χ0v) is 11.2. The average molecular weight is 268 g/mol. The number of hydrogen-bond donors (Lipinski definition) is 1. The Bertz CT molecular complexity index is 426. The number of amides is 1. The van der Waals surface area contributed by atoms with Crippen molar-refractivity contribution in [2.45, 2.75) is 29.9 Å². The van der Waals surface area contributed by atoms with Crippen LogP contribution in [0.25, 0.3) is 0 Å². The van der Waals surface area contributed by atoms with Crippen molar-refractivity contribution in [1.29, 1.82) is 0 Å². The van der Waals surface area contributed by atoms with Gasteiger partial charge < -0.3 is 10.6 Å². The number of nitrogens with two attached hydrogens (primary N) is 1. The van der Waals surface area contributed by atoms with E-state index in [-0.39, 0.29) is 17.0 Å². The summed E-state index contributed by atoms with van der Waals surface area (Å²) in [5.41, 5.74) is 5.97. The van der Waals surface area contributed by atoms with E-state index in [0.29, 0.717) is 10.6 Å². The predicted molar refractivity (Wildman–Crippen MR) is 71.9 cm³/mol. The fraction of sp³-hybridized carbons (Fsp3) is 0.462. The lowest BCUT2D eigenvalue weighted by molar-refractivity contribution is -0.129. The van der Waals surface area contributed by atoms with Gasteiger partial charge in [0.15, 0.2) is 0 Å². The van der Waals surface area contributed by atoms with Gasteiger partial charge in [-0.15, -0.1) is 11.8 Å². The summed E-state index contributed by atoms with van der Waals surface area (Å²) in [7, 11) is 0. The summed E-state index contributed by atoms with van der Waals surface area (Å²) in [4.78, 5) is 14.7. The molecule has 0 aliphatic carbocycles. The van der Waals surface area contributed by atoms with E-state index in [4.69, 9.17) is 5.73 Å². The summed E-state index contributed by atoms with van der Waals surface area (Å²) in [5, 5.41) is -0.204. The molecule has 1 aliphatic rings. The normalized spacial score (nSPS) is 16.9. The molecule has 1 aromatic carbocycles. The summed E-state index contributed by atoms with van der Waals surface area (Å²) < 4.78 is 13.2. The number of hydrogen-bond acceptors (Lipinski definition) is 3. The molecule has 0 spiro atoms. The van der Waals surface area contributed by atoms with Crippen LogP contribution in [-0.4, -0.2) is 29.1 Å². The van der Waals surface area contributed by atoms with Gasteiger partial charge in [-0.05, 0) is 38.0 Å². The highest BCUT2D eigenvalue weighted by atomic mass is 32.2. The molecule has 0 saturated carbocycles. The van der Waals surface area contributed by atoms with E-state index in [1.807, 2.05) is 11.8 Å². The van der Waals surface area contributed by atoms with Crippen molar-refractivity contribution in [2.24, 2.45) is 0 Å². The van der Waals surface area contributed by atoms with Crippen LogP contribution in [0.5, 0.6) is 0 Å². The molecule has 1 unspecified atom stereocenters.